The number of nitriles is 1. The van der Waals surface area contributed by atoms with Crippen molar-refractivity contribution in [1.82, 2.24) is 14.9 Å². The van der Waals surface area contributed by atoms with E-state index in [4.69, 9.17) is 25.2 Å². The molecule has 8 nitrogen and oxygen atoms in total. The monoisotopic (exact) mass is 604 g/mol. The summed E-state index contributed by atoms with van der Waals surface area (Å²) in [6.45, 7) is 16.4. The summed E-state index contributed by atoms with van der Waals surface area (Å²) in [5, 5.41) is 11.9. The van der Waals surface area contributed by atoms with Crippen LogP contribution < -0.4 is 10.6 Å². The van der Waals surface area contributed by atoms with Crippen molar-refractivity contribution >= 4 is 43.3 Å². The van der Waals surface area contributed by atoms with Gasteiger partial charge in [-0.3, -0.25) is 4.90 Å². The maximum absolute atomic E-state index is 14.9. The number of fused-ring (bicyclic) bond motifs is 4. The normalized spacial score (nSPS) is 16.6. The lowest BCUT2D eigenvalue weighted by atomic mass is 9.85. The summed E-state index contributed by atoms with van der Waals surface area (Å²) in [5.74, 6) is 0.366. The molecule has 7 rings (SSSR count). The van der Waals surface area contributed by atoms with Crippen molar-refractivity contribution in [2.24, 2.45) is 0 Å². The van der Waals surface area contributed by atoms with E-state index in [-0.39, 0.29) is 5.82 Å². The van der Waals surface area contributed by atoms with Crippen LogP contribution in [0.15, 0.2) is 18.3 Å². The number of benzene rings is 2. The molecular formula is C33H41FN6O2S. The highest BCUT2D eigenvalue weighted by Gasteiger charge is 2.35. The highest BCUT2D eigenvalue weighted by atomic mass is 32.1. The standard InChI is InChI=1S/C29H29FN6O2S.2C2H6/c1-2-3-18-24(17-4-5-23(30)27-25(17)19(10-31)28(32)39-27)22-15-38-14-21(22)20-11-33-29(34-26(18)20)36-12-16(13-36)35-6-8-37-9-7-35;2*1-2/h4-5,11,16H,2-3,6-9,12-15,32H2,1H3;2*1-2H3. The maximum Gasteiger partial charge on any atom is 0.225 e. The molecule has 0 spiro atoms. The van der Waals surface area contributed by atoms with Crippen molar-refractivity contribution in [1.29, 1.82) is 5.26 Å². The minimum Gasteiger partial charge on any atom is -0.389 e. The van der Waals surface area contributed by atoms with Gasteiger partial charge in [-0.05, 0) is 40.3 Å². The fourth-order valence-corrected chi connectivity index (χ4v) is 7.24. The molecule has 2 fully saturated rings. The van der Waals surface area contributed by atoms with Crippen LogP contribution in [0.1, 0.15) is 63.3 Å². The second-order valence-electron chi connectivity index (χ2n) is 10.4. The lowest BCUT2D eigenvalue weighted by Gasteiger charge is -2.46. The summed E-state index contributed by atoms with van der Waals surface area (Å²) in [4.78, 5) is 14.7. The van der Waals surface area contributed by atoms with Crippen LogP contribution in [0.3, 0.4) is 0 Å². The number of ether oxygens (including phenoxy) is 2. The van der Waals surface area contributed by atoms with Gasteiger partial charge in [-0.1, -0.05) is 47.1 Å². The molecule has 3 aliphatic rings. The lowest BCUT2D eigenvalue weighted by Crippen LogP contribution is -2.62. The molecule has 2 aromatic heterocycles. The topological polar surface area (TPSA) is 101 Å². The first-order chi connectivity index (χ1) is 21.1. The fourth-order valence-electron chi connectivity index (χ4n) is 6.29. The lowest BCUT2D eigenvalue weighted by molar-refractivity contribution is 0.0103. The van der Waals surface area contributed by atoms with Crippen LogP contribution in [0.5, 0.6) is 0 Å². The van der Waals surface area contributed by atoms with Gasteiger partial charge in [0.1, 0.15) is 16.9 Å². The zero-order valence-corrected chi connectivity index (χ0v) is 26.6. The average molecular weight is 605 g/mol. The van der Waals surface area contributed by atoms with Gasteiger partial charge in [0.15, 0.2) is 0 Å². The van der Waals surface area contributed by atoms with Gasteiger partial charge in [-0.15, -0.1) is 11.3 Å². The van der Waals surface area contributed by atoms with E-state index in [9.17, 15) is 9.65 Å². The van der Waals surface area contributed by atoms with Crippen molar-refractivity contribution in [3.8, 4) is 17.2 Å². The quantitative estimate of drug-likeness (QED) is 0.270. The Hall–Kier alpha value is -3.36. The first-order valence-corrected chi connectivity index (χ1v) is 16.3. The van der Waals surface area contributed by atoms with Gasteiger partial charge in [-0.2, -0.15) is 5.26 Å². The van der Waals surface area contributed by atoms with Crippen LogP contribution in [0.25, 0.3) is 32.1 Å². The summed E-state index contributed by atoms with van der Waals surface area (Å²) in [5.41, 5.74) is 12.5. The minimum absolute atomic E-state index is 0.331. The Balaban J connectivity index is 0.000000885. The summed E-state index contributed by atoms with van der Waals surface area (Å²) >= 11 is 1.13. The van der Waals surface area contributed by atoms with Crippen LogP contribution in [0, 0.1) is 17.1 Å². The average Bonchev–Trinajstić information content (AvgIpc) is 3.65. The van der Waals surface area contributed by atoms with E-state index in [2.05, 4.69) is 22.8 Å². The highest BCUT2D eigenvalue weighted by molar-refractivity contribution is 7.23. The summed E-state index contributed by atoms with van der Waals surface area (Å²) in [6, 6.07) is 5.99. The molecule has 0 saturated carbocycles. The molecule has 5 heterocycles. The Kier molecular flexibility index (Phi) is 9.77. The first kappa shape index (κ1) is 31.1. The van der Waals surface area contributed by atoms with Gasteiger partial charge in [0.25, 0.3) is 0 Å². The number of aryl methyl sites for hydroxylation is 1. The second kappa shape index (κ2) is 13.5. The number of halogens is 1. The van der Waals surface area contributed by atoms with E-state index in [0.29, 0.717) is 39.9 Å². The van der Waals surface area contributed by atoms with Crippen LogP contribution in [-0.4, -0.2) is 60.3 Å². The van der Waals surface area contributed by atoms with E-state index in [1.807, 2.05) is 33.9 Å². The van der Waals surface area contributed by atoms with Gasteiger partial charge in [-0.25, -0.2) is 14.4 Å². The molecule has 10 heteroatoms. The number of morpholine rings is 1. The number of nitrogen functional groups attached to an aromatic ring is 1. The van der Waals surface area contributed by atoms with Gasteiger partial charge in [0.05, 0.1) is 42.2 Å². The Morgan fingerprint density at radius 3 is 2.51 bits per heavy atom. The predicted molar refractivity (Wildman–Crippen MR) is 173 cm³/mol. The number of aromatic nitrogens is 2. The van der Waals surface area contributed by atoms with Crippen molar-refractivity contribution in [3.05, 3.63) is 46.4 Å². The molecule has 2 N–H and O–H groups in total. The van der Waals surface area contributed by atoms with Crippen LogP contribution >= 0.6 is 11.3 Å². The Morgan fingerprint density at radius 1 is 1.09 bits per heavy atom. The van der Waals surface area contributed by atoms with Crippen molar-refractivity contribution < 1.29 is 13.9 Å². The summed E-state index contributed by atoms with van der Waals surface area (Å²) < 4.78 is 26.8. The number of nitrogens with two attached hydrogens (primary N) is 1. The highest BCUT2D eigenvalue weighted by Crippen LogP contribution is 2.47. The molecule has 0 atom stereocenters. The van der Waals surface area contributed by atoms with Crippen LogP contribution in [0.2, 0.25) is 0 Å². The van der Waals surface area contributed by atoms with Crippen LogP contribution in [0.4, 0.5) is 15.3 Å². The molecular weight excluding hydrogens is 563 g/mol. The molecule has 0 bridgehead atoms. The molecule has 3 aliphatic heterocycles. The Labute approximate surface area is 257 Å². The van der Waals surface area contributed by atoms with Gasteiger partial charge in [0.2, 0.25) is 5.95 Å². The Bertz CT molecular complexity index is 1650. The van der Waals surface area contributed by atoms with Gasteiger partial charge in [0, 0.05) is 49.2 Å². The smallest absolute Gasteiger partial charge is 0.225 e. The number of rotatable bonds is 5. The summed E-state index contributed by atoms with van der Waals surface area (Å²) in [7, 11) is 0. The summed E-state index contributed by atoms with van der Waals surface area (Å²) in [6.07, 6.45) is 3.64. The zero-order chi connectivity index (χ0) is 30.7. The fraction of sp³-hybridized carbons (Fsp3) is 0.485. The first-order valence-electron chi connectivity index (χ1n) is 15.5. The van der Waals surface area contributed by atoms with E-state index in [1.165, 1.54) is 6.07 Å². The van der Waals surface area contributed by atoms with E-state index >= 15 is 0 Å². The third-order valence-corrected chi connectivity index (χ3v) is 9.28. The predicted octanol–water partition coefficient (Wildman–Crippen LogP) is 6.66. The number of nitrogens with zero attached hydrogens (tertiary/aromatic N) is 5. The molecule has 43 heavy (non-hydrogen) atoms. The molecule has 0 radical (unpaired) electrons. The SMILES string of the molecule is CC.CC.CCCc1c(-c2ccc(F)c3sc(N)c(C#N)c23)c2c(c3cnc(N4CC(N5CCOCC5)C4)nc13)COC2. The molecule has 0 unspecified atom stereocenters. The minimum atomic E-state index is -0.366. The van der Waals surface area contributed by atoms with Gasteiger partial charge >= 0.3 is 0 Å². The van der Waals surface area contributed by atoms with E-state index in [0.717, 1.165) is 108 Å². The molecule has 2 saturated heterocycles. The molecule has 4 aromatic rings. The second-order valence-corrected chi connectivity index (χ2v) is 11.5. The van der Waals surface area contributed by atoms with Crippen molar-refractivity contribution in [3.63, 3.8) is 0 Å². The number of hydrogen-bond acceptors (Lipinski definition) is 9. The third kappa shape index (κ3) is 5.44. The number of thiophene rings is 1. The molecule has 0 amide bonds. The molecule has 228 valence electrons. The van der Waals surface area contributed by atoms with Crippen LogP contribution in [-0.2, 0) is 29.1 Å². The molecule has 2 aromatic carbocycles. The third-order valence-electron chi connectivity index (χ3n) is 8.25. The van der Waals surface area contributed by atoms with Crippen molar-refractivity contribution in [2.75, 3.05) is 50.0 Å². The Morgan fingerprint density at radius 2 is 1.81 bits per heavy atom. The maximum atomic E-state index is 14.9. The van der Waals surface area contributed by atoms with E-state index in [1.54, 1.807) is 6.07 Å². The molecule has 0 aliphatic carbocycles. The zero-order valence-electron chi connectivity index (χ0n) is 25.8. The largest absolute Gasteiger partial charge is 0.389 e. The van der Waals surface area contributed by atoms with E-state index < -0.39 is 0 Å². The van der Waals surface area contributed by atoms with Gasteiger partial charge < -0.3 is 20.1 Å². The van der Waals surface area contributed by atoms with Crippen molar-refractivity contribution in [2.45, 2.75) is 66.7 Å². The number of anilines is 2. The number of hydrogen-bond donors (Lipinski definition) is 1.